The van der Waals surface area contributed by atoms with Gasteiger partial charge < -0.3 is 4.74 Å². The number of hydrogen-bond acceptors (Lipinski definition) is 3. The van der Waals surface area contributed by atoms with Crippen molar-refractivity contribution in [1.82, 2.24) is 9.78 Å². The highest BCUT2D eigenvalue weighted by molar-refractivity contribution is 6.32. The topological polar surface area (TPSA) is 44.1 Å². The van der Waals surface area contributed by atoms with Crippen LogP contribution in [0.5, 0.6) is 5.75 Å². The molecule has 0 spiro atoms. The summed E-state index contributed by atoms with van der Waals surface area (Å²) >= 11 is 5.88. The highest BCUT2D eigenvalue weighted by atomic mass is 35.5. The molecule has 2 rings (SSSR count). The zero-order chi connectivity index (χ0) is 13.1. The molecule has 0 aliphatic carbocycles. The van der Waals surface area contributed by atoms with Gasteiger partial charge in [0.25, 0.3) is 0 Å². The third kappa shape index (κ3) is 2.71. The van der Waals surface area contributed by atoms with Gasteiger partial charge in [-0.3, -0.25) is 9.48 Å². The molecule has 0 fully saturated rings. The molecule has 0 N–H and O–H groups in total. The molecular formula is C13H13ClN2O2. The summed E-state index contributed by atoms with van der Waals surface area (Å²) in [5.41, 5.74) is 1.51. The van der Waals surface area contributed by atoms with Crippen LogP contribution in [0.1, 0.15) is 22.8 Å². The average molecular weight is 265 g/mol. The summed E-state index contributed by atoms with van der Waals surface area (Å²) in [7, 11) is 1.63. The van der Waals surface area contributed by atoms with E-state index in [1.54, 1.807) is 18.0 Å². The van der Waals surface area contributed by atoms with Gasteiger partial charge in [-0.25, -0.2) is 0 Å². The zero-order valence-corrected chi connectivity index (χ0v) is 10.9. The molecule has 1 aromatic heterocycles. The quantitative estimate of drug-likeness (QED) is 0.798. The van der Waals surface area contributed by atoms with E-state index in [0.29, 0.717) is 12.1 Å². The van der Waals surface area contributed by atoms with Crippen molar-refractivity contribution in [2.45, 2.75) is 13.5 Å². The number of benzene rings is 1. The molecule has 0 atom stereocenters. The molecule has 0 saturated heterocycles. The molecule has 0 aliphatic rings. The first-order valence-electron chi connectivity index (χ1n) is 5.47. The monoisotopic (exact) mass is 264 g/mol. The minimum Gasteiger partial charge on any atom is -0.497 e. The van der Waals surface area contributed by atoms with Crippen LogP contribution in [0.4, 0.5) is 0 Å². The molecule has 18 heavy (non-hydrogen) atoms. The molecular weight excluding hydrogens is 252 g/mol. The number of rotatable bonds is 4. The molecule has 4 nitrogen and oxygen atoms in total. The standard InChI is InChI=1S/C13H13ClN2O2/c1-9(17)12-8-16(15-13(12)14)7-10-3-5-11(18-2)6-4-10/h3-6,8H,7H2,1-2H3. The molecule has 0 unspecified atom stereocenters. The van der Waals surface area contributed by atoms with Gasteiger partial charge in [-0.15, -0.1) is 0 Å². The molecule has 0 bridgehead atoms. The second-order valence-electron chi connectivity index (χ2n) is 3.94. The molecule has 94 valence electrons. The van der Waals surface area contributed by atoms with Gasteiger partial charge in [0.1, 0.15) is 5.75 Å². The van der Waals surface area contributed by atoms with Crippen LogP contribution in [-0.2, 0) is 6.54 Å². The predicted molar refractivity (Wildman–Crippen MR) is 69.3 cm³/mol. The molecule has 1 aromatic carbocycles. The lowest BCUT2D eigenvalue weighted by molar-refractivity contribution is 0.101. The Morgan fingerprint density at radius 1 is 1.39 bits per heavy atom. The fourth-order valence-electron chi connectivity index (χ4n) is 1.63. The normalized spacial score (nSPS) is 10.4. The van der Waals surface area contributed by atoms with Crippen LogP contribution in [0.25, 0.3) is 0 Å². The summed E-state index contributed by atoms with van der Waals surface area (Å²) in [6.45, 7) is 2.04. The Morgan fingerprint density at radius 2 is 2.06 bits per heavy atom. The number of carbonyl (C=O) groups excluding carboxylic acids is 1. The van der Waals surface area contributed by atoms with Gasteiger partial charge in [-0.1, -0.05) is 23.7 Å². The fraction of sp³-hybridized carbons (Fsp3) is 0.231. The van der Waals surface area contributed by atoms with Gasteiger partial charge >= 0.3 is 0 Å². The van der Waals surface area contributed by atoms with Crippen LogP contribution in [0.3, 0.4) is 0 Å². The van der Waals surface area contributed by atoms with Gasteiger partial charge in [0.15, 0.2) is 10.9 Å². The summed E-state index contributed by atoms with van der Waals surface area (Å²) in [5, 5.41) is 4.35. The number of aromatic nitrogens is 2. The van der Waals surface area contributed by atoms with Crippen molar-refractivity contribution in [3.63, 3.8) is 0 Å². The third-order valence-corrected chi connectivity index (χ3v) is 2.88. The van der Waals surface area contributed by atoms with E-state index in [0.717, 1.165) is 11.3 Å². The Morgan fingerprint density at radius 3 is 2.56 bits per heavy atom. The van der Waals surface area contributed by atoms with Crippen molar-refractivity contribution >= 4 is 17.4 Å². The Balaban J connectivity index is 2.18. The number of hydrogen-bond donors (Lipinski definition) is 0. The van der Waals surface area contributed by atoms with E-state index < -0.39 is 0 Å². The maximum absolute atomic E-state index is 11.3. The maximum atomic E-state index is 11.3. The number of ether oxygens (including phenoxy) is 1. The smallest absolute Gasteiger partial charge is 0.164 e. The van der Waals surface area contributed by atoms with Crippen molar-refractivity contribution in [2.24, 2.45) is 0 Å². The minimum atomic E-state index is -0.0824. The SMILES string of the molecule is COc1ccc(Cn2cc(C(C)=O)c(Cl)n2)cc1. The number of methoxy groups -OCH3 is 1. The number of Topliss-reactive ketones (excluding diaryl/α,β-unsaturated/α-hetero) is 1. The number of carbonyl (C=O) groups is 1. The average Bonchev–Trinajstić information content (AvgIpc) is 2.71. The summed E-state index contributed by atoms with van der Waals surface area (Å²) in [5.74, 6) is 0.725. The first kappa shape index (κ1) is 12.6. The van der Waals surface area contributed by atoms with Crippen molar-refractivity contribution in [1.29, 1.82) is 0 Å². The largest absolute Gasteiger partial charge is 0.497 e. The van der Waals surface area contributed by atoms with Crippen LogP contribution >= 0.6 is 11.6 Å². The van der Waals surface area contributed by atoms with Crippen LogP contribution in [0.2, 0.25) is 5.15 Å². The Bertz CT molecular complexity index is 561. The number of ketones is 1. The summed E-state index contributed by atoms with van der Waals surface area (Å²) in [4.78, 5) is 11.3. The van der Waals surface area contributed by atoms with Gasteiger partial charge in [0.05, 0.1) is 19.2 Å². The van der Waals surface area contributed by atoms with Crippen molar-refractivity contribution in [3.05, 3.63) is 46.7 Å². The predicted octanol–water partition coefficient (Wildman–Crippen LogP) is 2.80. The first-order chi connectivity index (χ1) is 8.60. The molecule has 2 aromatic rings. The van der Waals surface area contributed by atoms with Gasteiger partial charge in [-0.05, 0) is 24.6 Å². The Labute approximate surface area is 110 Å². The molecule has 5 heteroatoms. The van der Waals surface area contributed by atoms with E-state index in [1.165, 1.54) is 6.92 Å². The van der Waals surface area contributed by atoms with Crippen LogP contribution in [0, 0.1) is 0 Å². The van der Waals surface area contributed by atoms with Gasteiger partial charge in [-0.2, -0.15) is 5.10 Å². The molecule has 0 amide bonds. The Hall–Kier alpha value is -1.81. The zero-order valence-electron chi connectivity index (χ0n) is 10.2. The molecule has 0 aliphatic heterocycles. The highest BCUT2D eigenvalue weighted by Gasteiger charge is 2.10. The van der Waals surface area contributed by atoms with Crippen molar-refractivity contribution in [2.75, 3.05) is 7.11 Å². The summed E-state index contributed by atoms with van der Waals surface area (Å²) in [6.07, 6.45) is 1.66. The lowest BCUT2D eigenvalue weighted by Gasteiger charge is -2.03. The van der Waals surface area contributed by atoms with E-state index in [2.05, 4.69) is 5.10 Å². The molecule has 0 radical (unpaired) electrons. The van der Waals surface area contributed by atoms with Crippen LogP contribution in [0.15, 0.2) is 30.5 Å². The molecule has 1 heterocycles. The van der Waals surface area contributed by atoms with Crippen LogP contribution in [-0.4, -0.2) is 22.7 Å². The summed E-state index contributed by atoms with van der Waals surface area (Å²) in [6, 6.07) is 7.66. The first-order valence-corrected chi connectivity index (χ1v) is 5.85. The third-order valence-electron chi connectivity index (χ3n) is 2.60. The van der Waals surface area contributed by atoms with E-state index in [1.807, 2.05) is 24.3 Å². The lowest BCUT2D eigenvalue weighted by atomic mass is 10.2. The van der Waals surface area contributed by atoms with Crippen molar-refractivity contribution in [3.8, 4) is 5.75 Å². The van der Waals surface area contributed by atoms with E-state index in [9.17, 15) is 4.79 Å². The maximum Gasteiger partial charge on any atom is 0.164 e. The minimum absolute atomic E-state index is 0.0824. The second kappa shape index (κ2) is 5.23. The number of nitrogens with zero attached hydrogens (tertiary/aromatic N) is 2. The van der Waals surface area contributed by atoms with E-state index >= 15 is 0 Å². The van der Waals surface area contributed by atoms with Gasteiger partial charge in [0.2, 0.25) is 0 Å². The van der Waals surface area contributed by atoms with Crippen molar-refractivity contribution < 1.29 is 9.53 Å². The number of halogens is 1. The van der Waals surface area contributed by atoms with Crippen LogP contribution < -0.4 is 4.74 Å². The molecule has 0 saturated carbocycles. The van der Waals surface area contributed by atoms with Gasteiger partial charge in [0, 0.05) is 6.20 Å². The second-order valence-corrected chi connectivity index (χ2v) is 4.29. The van der Waals surface area contributed by atoms with E-state index in [-0.39, 0.29) is 10.9 Å². The highest BCUT2D eigenvalue weighted by Crippen LogP contribution is 2.16. The van der Waals surface area contributed by atoms with E-state index in [4.69, 9.17) is 16.3 Å². The lowest BCUT2D eigenvalue weighted by Crippen LogP contribution is -2.00. The fourth-order valence-corrected chi connectivity index (χ4v) is 1.91. The Kier molecular flexibility index (Phi) is 3.67. The summed E-state index contributed by atoms with van der Waals surface area (Å²) < 4.78 is 6.74.